The summed E-state index contributed by atoms with van der Waals surface area (Å²) in [5, 5.41) is 7.06. The number of fused-ring (bicyclic) bond motifs is 3. The Hall–Kier alpha value is -4.01. The molecule has 3 heterocycles. The van der Waals surface area contributed by atoms with Gasteiger partial charge in [0.05, 0.1) is 33.0 Å². The third kappa shape index (κ3) is 3.02. The maximum Gasteiger partial charge on any atom is 0.257 e. The number of carbonyl (C=O) groups is 1. The number of methoxy groups -OCH3 is 3. The molecule has 29 heavy (non-hydrogen) atoms. The summed E-state index contributed by atoms with van der Waals surface area (Å²) in [6, 6.07) is 11.4. The zero-order chi connectivity index (χ0) is 20.5. The zero-order valence-electron chi connectivity index (χ0n) is 16.0. The summed E-state index contributed by atoms with van der Waals surface area (Å²) >= 11 is 0. The first-order chi connectivity index (χ1) is 14.1. The van der Waals surface area contributed by atoms with Crippen molar-refractivity contribution in [1.29, 1.82) is 0 Å². The molecule has 0 spiro atoms. The summed E-state index contributed by atoms with van der Waals surface area (Å²) in [5.74, 6) is 1.14. The van der Waals surface area contributed by atoms with E-state index in [1.807, 2.05) is 0 Å². The second-order valence-corrected chi connectivity index (χ2v) is 6.12. The normalized spacial score (nSPS) is 10.9. The van der Waals surface area contributed by atoms with Crippen molar-refractivity contribution in [2.45, 2.75) is 0 Å². The topological polar surface area (TPSA) is 95.6 Å². The lowest BCUT2D eigenvalue weighted by molar-refractivity contribution is 0.102. The van der Waals surface area contributed by atoms with Gasteiger partial charge in [0, 0.05) is 23.8 Å². The second-order valence-electron chi connectivity index (χ2n) is 6.12. The highest BCUT2D eigenvalue weighted by molar-refractivity contribution is 6.05. The Morgan fingerprint density at radius 2 is 1.72 bits per heavy atom. The number of nitrogens with zero attached hydrogens (tertiary/aromatic N) is 3. The minimum absolute atomic E-state index is 0.185. The minimum atomic E-state index is -0.399. The van der Waals surface area contributed by atoms with Gasteiger partial charge in [0.25, 0.3) is 11.5 Å². The van der Waals surface area contributed by atoms with E-state index in [4.69, 9.17) is 14.2 Å². The molecule has 1 aromatic carbocycles. The Kier molecular flexibility index (Phi) is 4.55. The smallest absolute Gasteiger partial charge is 0.257 e. The molecule has 0 aliphatic heterocycles. The van der Waals surface area contributed by atoms with Crippen LogP contribution in [0.25, 0.3) is 11.2 Å². The summed E-state index contributed by atoms with van der Waals surface area (Å²) in [6.07, 6.45) is 1.56. The molecule has 1 N–H and O–H groups in total. The van der Waals surface area contributed by atoms with Crippen LogP contribution in [0.5, 0.6) is 17.2 Å². The van der Waals surface area contributed by atoms with E-state index < -0.39 is 5.91 Å². The lowest BCUT2D eigenvalue weighted by atomic mass is 10.1. The zero-order valence-corrected chi connectivity index (χ0v) is 16.0. The summed E-state index contributed by atoms with van der Waals surface area (Å²) in [7, 11) is 4.45. The molecule has 0 unspecified atom stereocenters. The summed E-state index contributed by atoms with van der Waals surface area (Å²) < 4.78 is 18.9. The van der Waals surface area contributed by atoms with Crippen molar-refractivity contribution in [2.24, 2.45) is 0 Å². The van der Waals surface area contributed by atoms with Crippen LogP contribution >= 0.6 is 0 Å². The van der Waals surface area contributed by atoms with Crippen molar-refractivity contribution in [3.05, 3.63) is 64.6 Å². The lowest BCUT2D eigenvalue weighted by Gasteiger charge is -2.15. The van der Waals surface area contributed by atoms with E-state index in [1.54, 1.807) is 42.6 Å². The van der Waals surface area contributed by atoms with Crippen LogP contribution in [-0.4, -0.2) is 41.3 Å². The predicted octanol–water partition coefficient (Wildman–Crippen LogP) is 2.23. The van der Waals surface area contributed by atoms with Crippen LogP contribution in [0.2, 0.25) is 0 Å². The number of nitrogens with one attached hydrogen (secondary N) is 1. The highest BCUT2D eigenvalue weighted by Crippen LogP contribution is 2.38. The number of ether oxygens (including phenoxy) is 3. The molecule has 3 aromatic heterocycles. The number of aromatic nitrogens is 3. The fourth-order valence-corrected chi connectivity index (χ4v) is 3.21. The van der Waals surface area contributed by atoms with E-state index in [-0.39, 0.29) is 5.56 Å². The highest BCUT2D eigenvalue weighted by Gasteiger charge is 2.18. The summed E-state index contributed by atoms with van der Waals surface area (Å²) in [6.45, 7) is 0. The molecule has 0 saturated carbocycles. The number of amides is 1. The first-order valence-corrected chi connectivity index (χ1v) is 8.67. The molecule has 148 valence electrons. The Labute approximate surface area is 165 Å². The molecule has 9 heteroatoms. The Balaban J connectivity index is 1.80. The van der Waals surface area contributed by atoms with Crippen LogP contribution < -0.4 is 25.1 Å². The number of hydrogen-bond acceptors (Lipinski definition) is 6. The molecule has 0 saturated heterocycles. The van der Waals surface area contributed by atoms with E-state index in [1.165, 1.54) is 36.3 Å². The number of pyridine rings is 1. The van der Waals surface area contributed by atoms with Crippen molar-refractivity contribution in [3.63, 3.8) is 0 Å². The van der Waals surface area contributed by atoms with Gasteiger partial charge in [-0.25, -0.2) is 4.52 Å². The Morgan fingerprint density at radius 1 is 1.00 bits per heavy atom. The number of rotatable bonds is 5. The number of benzene rings is 1. The van der Waals surface area contributed by atoms with E-state index in [0.717, 1.165) is 0 Å². The molecule has 4 rings (SSSR count). The van der Waals surface area contributed by atoms with Crippen LogP contribution in [0.3, 0.4) is 0 Å². The number of hydrogen-bond donors (Lipinski definition) is 1. The Bertz CT molecular complexity index is 1270. The van der Waals surface area contributed by atoms with E-state index in [9.17, 15) is 9.59 Å². The third-order valence-corrected chi connectivity index (χ3v) is 4.52. The van der Waals surface area contributed by atoms with Crippen LogP contribution in [0.15, 0.2) is 53.5 Å². The van der Waals surface area contributed by atoms with Crippen LogP contribution in [0.1, 0.15) is 10.4 Å². The minimum Gasteiger partial charge on any atom is -0.493 e. The largest absolute Gasteiger partial charge is 0.493 e. The summed E-state index contributed by atoms with van der Waals surface area (Å²) in [4.78, 5) is 25.2. The van der Waals surface area contributed by atoms with Crippen LogP contribution in [0.4, 0.5) is 5.82 Å². The fourth-order valence-electron chi connectivity index (χ4n) is 3.21. The van der Waals surface area contributed by atoms with Gasteiger partial charge in [0.15, 0.2) is 11.5 Å². The van der Waals surface area contributed by atoms with Crippen molar-refractivity contribution in [1.82, 2.24) is 14.0 Å². The highest BCUT2D eigenvalue weighted by atomic mass is 16.5. The predicted molar refractivity (Wildman–Crippen MR) is 106 cm³/mol. The van der Waals surface area contributed by atoms with E-state index in [2.05, 4.69) is 10.4 Å². The van der Waals surface area contributed by atoms with Crippen molar-refractivity contribution in [3.8, 4) is 17.2 Å². The van der Waals surface area contributed by atoms with Crippen LogP contribution in [0, 0.1) is 0 Å². The second kappa shape index (κ2) is 7.19. The number of anilines is 1. The van der Waals surface area contributed by atoms with Gasteiger partial charge in [-0.15, -0.1) is 0 Å². The van der Waals surface area contributed by atoms with Crippen molar-refractivity contribution in [2.75, 3.05) is 26.6 Å². The van der Waals surface area contributed by atoms with E-state index >= 15 is 0 Å². The molecular formula is C20H18N4O5. The van der Waals surface area contributed by atoms with Crippen LogP contribution in [-0.2, 0) is 0 Å². The van der Waals surface area contributed by atoms with Gasteiger partial charge in [-0.1, -0.05) is 6.07 Å². The van der Waals surface area contributed by atoms with Gasteiger partial charge in [-0.3, -0.25) is 14.0 Å². The molecule has 4 aromatic rings. The average molecular weight is 394 g/mol. The standard InChI is InChI=1S/C20H18N4O5/c1-27-14-9-12(10-15(28-2)19(14)29-3)20(26)22-16-11-13-5-4-6-18(25)23(13)17-7-8-21-24(16)17/h4-11H,1-3H3,(H,22,26). The van der Waals surface area contributed by atoms with Gasteiger partial charge >= 0.3 is 0 Å². The third-order valence-electron chi connectivity index (χ3n) is 4.52. The molecule has 9 nitrogen and oxygen atoms in total. The average Bonchev–Trinajstić information content (AvgIpc) is 3.22. The van der Waals surface area contributed by atoms with Gasteiger partial charge < -0.3 is 19.5 Å². The summed E-state index contributed by atoms with van der Waals surface area (Å²) in [5.41, 5.74) is 1.29. The maximum absolute atomic E-state index is 12.9. The quantitative estimate of drug-likeness (QED) is 0.558. The monoisotopic (exact) mass is 394 g/mol. The Morgan fingerprint density at radius 3 is 2.38 bits per heavy atom. The lowest BCUT2D eigenvalue weighted by Crippen LogP contribution is -2.19. The fraction of sp³-hybridized carbons (Fsp3) is 0.150. The molecular weight excluding hydrogens is 376 g/mol. The van der Waals surface area contributed by atoms with Crippen molar-refractivity contribution < 1.29 is 19.0 Å². The van der Waals surface area contributed by atoms with Gasteiger partial charge in [-0.05, 0) is 18.2 Å². The molecule has 0 bridgehead atoms. The van der Waals surface area contributed by atoms with Gasteiger partial charge in [0.1, 0.15) is 11.5 Å². The molecule has 1 amide bonds. The molecule has 0 atom stereocenters. The van der Waals surface area contributed by atoms with E-state index in [0.29, 0.717) is 39.8 Å². The molecule has 0 aliphatic rings. The number of carbonyl (C=O) groups excluding carboxylic acids is 1. The molecule has 0 fully saturated rings. The van der Waals surface area contributed by atoms with Gasteiger partial charge in [-0.2, -0.15) is 5.10 Å². The SMILES string of the molecule is COc1cc(C(=O)Nc2cc3cccc(=O)n3c3ccnn23)cc(OC)c1OC. The first kappa shape index (κ1) is 18.4. The van der Waals surface area contributed by atoms with Crippen molar-refractivity contribution >= 4 is 22.9 Å². The molecule has 0 aliphatic carbocycles. The maximum atomic E-state index is 12.9. The van der Waals surface area contributed by atoms with Gasteiger partial charge in [0.2, 0.25) is 5.75 Å². The molecule has 0 radical (unpaired) electrons. The first-order valence-electron chi connectivity index (χ1n) is 8.67.